The summed E-state index contributed by atoms with van der Waals surface area (Å²) in [6.45, 7) is 1.89. The van der Waals surface area contributed by atoms with Gasteiger partial charge in [0.1, 0.15) is 0 Å². The van der Waals surface area contributed by atoms with Gasteiger partial charge in [-0.25, -0.2) is 0 Å². The molecule has 1 saturated carbocycles. The molecule has 1 saturated heterocycles. The van der Waals surface area contributed by atoms with E-state index in [-0.39, 0.29) is 6.04 Å². The molecule has 1 aliphatic heterocycles. The molecule has 1 heterocycles. The Kier molecular flexibility index (Phi) is 4.17. The lowest BCUT2D eigenvalue weighted by Crippen LogP contribution is -2.53. The van der Waals surface area contributed by atoms with Crippen LogP contribution in [0.4, 0.5) is 0 Å². The zero-order valence-corrected chi connectivity index (χ0v) is 10.4. The van der Waals surface area contributed by atoms with Crippen LogP contribution in [0.1, 0.15) is 25.7 Å². The van der Waals surface area contributed by atoms with Crippen LogP contribution in [0, 0.1) is 0 Å². The van der Waals surface area contributed by atoms with Crippen molar-refractivity contribution in [1.29, 1.82) is 0 Å². The summed E-state index contributed by atoms with van der Waals surface area (Å²) < 4.78 is 0. The van der Waals surface area contributed by atoms with Gasteiger partial charge in [0, 0.05) is 32.2 Å². The second-order valence-corrected chi connectivity index (χ2v) is 4.89. The summed E-state index contributed by atoms with van der Waals surface area (Å²) in [6.07, 6.45) is 4.96. The number of nitrogens with one attached hydrogen (secondary N) is 1. The average Bonchev–Trinajstić information content (AvgIpc) is 2.91. The zero-order chi connectivity index (χ0) is 13.0. The first kappa shape index (κ1) is 12.9. The third kappa shape index (κ3) is 3.00. The van der Waals surface area contributed by atoms with Crippen molar-refractivity contribution in [1.82, 2.24) is 15.1 Å². The van der Waals surface area contributed by atoms with E-state index in [2.05, 4.69) is 5.32 Å². The number of nitrogens with zero attached hydrogens (tertiary/aromatic N) is 2. The Labute approximate surface area is 106 Å². The van der Waals surface area contributed by atoms with Crippen molar-refractivity contribution in [3.05, 3.63) is 0 Å². The van der Waals surface area contributed by atoms with Gasteiger partial charge >= 0.3 is 11.8 Å². The summed E-state index contributed by atoms with van der Waals surface area (Å²) in [4.78, 5) is 37.3. The molecule has 6 heteroatoms. The summed E-state index contributed by atoms with van der Waals surface area (Å²) in [5.41, 5.74) is 0. The molecule has 0 atom stereocenters. The van der Waals surface area contributed by atoms with E-state index in [0.717, 1.165) is 32.1 Å². The summed E-state index contributed by atoms with van der Waals surface area (Å²) in [5, 5.41) is 2.79. The van der Waals surface area contributed by atoms with Crippen molar-refractivity contribution in [2.24, 2.45) is 0 Å². The Morgan fingerprint density at radius 2 is 1.67 bits per heavy atom. The van der Waals surface area contributed by atoms with Gasteiger partial charge in [0.05, 0.1) is 0 Å². The summed E-state index contributed by atoms with van der Waals surface area (Å²) in [6, 6.07) is 0.165. The quantitative estimate of drug-likeness (QED) is 0.525. The highest BCUT2D eigenvalue weighted by Gasteiger charge is 2.27. The molecule has 2 aliphatic rings. The normalized spacial score (nSPS) is 20.9. The Bertz CT molecular complexity index is 331. The maximum Gasteiger partial charge on any atom is 0.312 e. The Balaban J connectivity index is 1.79. The number of hydrogen-bond acceptors (Lipinski definition) is 3. The Morgan fingerprint density at radius 1 is 1.06 bits per heavy atom. The molecule has 0 aromatic carbocycles. The Morgan fingerprint density at radius 3 is 2.22 bits per heavy atom. The molecule has 0 radical (unpaired) electrons. The predicted octanol–water partition coefficient (Wildman–Crippen LogP) is -0.654. The number of carbonyl (C=O) groups excluding carboxylic acids is 3. The van der Waals surface area contributed by atoms with Crippen LogP contribution in [-0.4, -0.2) is 60.2 Å². The second kappa shape index (κ2) is 5.84. The van der Waals surface area contributed by atoms with Crippen molar-refractivity contribution in [2.45, 2.75) is 31.7 Å². The topological polar surface area (TPSA) is 69.7 Å². The van der Waals surface area contributed by atoms with Crippen molar-refractivity contribution in [3.8, 4) is 0 Å². The first-order valence-electron chi connectivity index (χ1n) is 6.50. The van der Waals surface area contributed by atoms with Crippen LogP contribution in [0.2, 0.25) is 0 Å². The minimum atomic E-state index is -0.499. The van der Waals surface area contributed by atoms with E-state index >= 15 is 0 Å². The highest BCUT2D eigenvalue weighted by atomic mass is 16.2. The van der Waals surface area contributed by atoms with Gasteiger partial charge in [-0.05, 0) is 12.8 Å². The molecule has 0 bridgehead atoms. The van der Waals surface area contributed by atoms with Gasteiger partial charge in [0.15, 0.2) is 0 Å². The molecule has 18 heavy (non-hydrogen) atoms. The number of rotatable bonds is 2. The SMILES string of the molecule is O=CN1CCN(C(=O)C(=O)NC2CCCC2)CC1. The lowest BCUT2D eigenvalue weighted by atomic mass is 10.2. The fourth-order valence-electron chi connectivity index (χ4n) is 2.49. The highest BCUT2D eigenvalue weighted by Crippen LogP contribution is 2.17. The van der Waals surface area contributed by atoms with Crippen LogP contribution in [0.25, 0.3) is 0 Å². The van der Waals surface area contributed by atoms with E-state index in [1.165, 1.54) is 4.90 Å². The van der Waals surface area contributed by atoms with Crippen LogP contribution >= 0.6 is 0 Å². The van der Waals surface area contributed by atoms with E-state index < -0.39 is 11.8 Å². The van der Waals surface area contributed by atoms with E-state index in [1.807, 2.05) is 0 Å². The smallest absolute Gasteiger partial charge is 0.312 e. The number of amides is 3. The van der Waals surface area contributed by atoms with E-state index in [0.29, 0.717) is 26.2 Å². The largest absolute Gasteiger partial charge is 0.345 e. The fourth-order valence-corrected chi connectivity index (χ4v) is 2.49. The van der Waals surface area contributed by atoms with Gasteiger partial charge in [-0.1, -0.05) is 12.8 Å². The van der Waals surface area contributed by atoms with Gasteiger partial charge < -0.3 is 15.1 Å². The maximum absolute atomic E-state index is 11.9. The number of carbonyl (C=O) groups is 3. The summed E-state index contributed by atoms with van der Waals surface area (Å²) >= 11 is 0. The van der Waals surface area contributed by atoms with Crippen molar-refractivity contribution < 1.29 is 14.4 Å². The lowest BCUT2D eigenvalue weighted by Gasteiger charge is -2.32. The predicted molar refractivity (Wildman–Crippen MR) is 64.6 cm³/mol. The lowest BCUT2D eigenvalue weighted by molar-refractivity contribution is -0.147. The van der Waals surface area contributed by atoms with Crippen LogP contribution < -0.4 is 5.32 Å². The van der Waals surface area contributed by atoms with Crippen LogP contribution in [0.3, 0.4) is 0 Å². The monoisotopic (exact) mass is 253 g/mol. The van der Waals surface area contributed by atoms with E-state index in [4.69, 9.17) is 0 Å². The first-order valence-corrected chi connectivity index (χ1v) is 6.50. The summed E-state index contributed by atoms with van der Waals surface area (Å²) in [7, 11) is 0. The zero-order valence-electron chi connectivity index (χ0n) is 10.4. The molecular formula is C12H19N3O3. The van der Waals surface area contributed by atoms with Gasteiger partial charge in [-0.2, -0.15) is 0 Å². The number of hydrogen-bond donors (Lipinski definition) is 1. The molecule has 3 amide bonds. The Hall–Kier alpha value is -1.59. The molecule has 1 N–H and O–H groups in total. The minimum Gasteiger partial charge on any atom is -0.345 e. The molecule has 100 valence electrons. The molecule has 2 rings (SSSR count). The first-order chi connectivity index (χ1) is 8.70. The molecule has 0 aromatic heterocycles. The minimum absolute atomic E-state index is 0.165. The standard InChI is InChI=1S/C12H19N3O3/c16-9-14-5-7-15(8-6-14)12(18)11(17)13-10-3-1-2-4-10/h9-10H,1-8H2,(H,13,17). The van der Waals surface area contributed by atoms with Crippen molar-refractivity contribution >= 4 is 18.2 Å². The van der Waals surface area contributed by atoms with Gasteiger partial charge in [0.25, 0.3) is 0 Å². The van der Waals surface area contributed by atoms with Crippen molar-refractivity contribution in [3.63, 3.8) is 0 Å². The van der Waals surface area contributed by atoms with Crippen LogP contribution in [0.15, 0.2) is 0 Å². The van der Waals surface area contributed by atoms with E-state index in [1.54, 1.807) is 4.90 Å². The maximum atomic E-state index is 11.9. The summed E-state index contributed by atoms with van der Waals surface area (Å²) in [5.74, 6) is -0.964. The third-order valence-corrected chi connectivity index (χ3v) is 3.64. The number of piperazine rings is 1. The third-order valence-electron chi connectivity index (χ3n) is 3.64. The molecular weight excluding hydrogens is 234 g/mol. The molecule has 2 fully saturated rings. The van der Waals surface area contributed by atoms with E-state index in [9.17, 15) is 14.4 Å². The van der Waals surface area contributed by atoms with Gasteiger partial charge in [-0.15, -0.1) is 0 Å². The van der Waals surface area contributed by atoms with Gasteiger partial charge in [0.2, 0.25) is 6.41 Å². The fraction of sp³-hybridized carbons (Fsp3) is 0.750. The highest BCUT2D eigenvalue weighted by molar-refractivity contribution is 6.35. The van der Waals surface area contributed by atoms with Crippen LogP contribution in [0.5, 0.6) is 0 Å². The molecule has 1 aliphatic carbocycles. The molecule has 0 unspecified atom stereocenters. The van der Waals surface area contributed by atoms with Gasteiger partial charge in [-0.3, -0.25) is 14.4 Å². The van der Waals surface area contributed by atoms with Crippen LogP contribution in [-0.2, 0) is 14.4 Å². The second-order valence-electron chi connectivity index (χ2n) is 4.89. The van der Waals surface area contributed by atoms with Crippen molar-refractivity contribution in [2.75, 3.05) is 26.2 Å². The molecule has 0 spiro atoms. The molecule has 6 nitrogen and oxygen atoms in total. The average molecular weight is 253 g/mol. The molecule has 0 aromatic rings.